The van der Waals surface area contributed by atoms with E-state index in [1.807, 2.05) is 6.92 Å². The van der Waals surface area contributed by atoms with E-state index in [9.17, 15) is 4.79 Å². The molecule has 0 saturated carbocycles. The van der Waals surface area contributed by atoms with Crippen molar-refractivity contribution in [3.63, 3.8) is 0 Å². The Morgan fingerprint density at radius 3 is 2.71 bits per heavy atom. The molecule has 2 aliphatic rings. The molecule has 2 aliphatic heterocycles. The van der Waals surface area contributed by atoms with Crippen LogP contribution in [0.1, 0.15) is 40.0 Å². The highest BCUT2D eigenvalue weighted by molar-refractivity contribution is 5.89. The summed E-state index contributed by atoms with van der Waals surface area (Å²) in [6.45, 7) is 6.22. The fraction of sp³-hybridized carbons (Fsp3) is 0.909. The molecule has 3 heteroatoms. The van der Waals surface area contributed by atoms with Gasteiger partial charge in [0.1, 0.15) is 0 Å². The number of amides is 1. The minimum Gasteiger partial charge on any atom is -0.373 e. The van der Waals surface area contributed by atoms with Crippen LogP contribution >= 0.6 is 0 Å². The van der Waals surface area contributed by atoms with Crippen LogP contribution in [0.15, 0.2) is 0 Å². The predicted octanol–water partition coefficient (Wildman–Crippen LogP) is 1.47. The molecule has 0 bridgehead atoms. The molecular weight excluding hydrogens is 178 g/mol. The molecule has 4 atom stereocenters. The van der Waals surface area contributed by atoms with E-state index in [4.69, 9.17) is 4.74 Å². The van der Waals surface area contributed by atoms with Crippen LogP contribution in [0.4, 0.5) is 0 Å². The van der Waals surface area contributed by atoms with E-state index in [0.29, 0.717) is 6.10 Å². The summed E-state index contributed by atoms with van der Waals surface area (Å²) in [5.74, 6) is 0.188. The van der Waals surface area contributed by atoms with Crippen molar-refractivity contribution in [3.8, 4) is 0 Å². The zero-order valence-corrected chi connectivity index (χ0v) is 9.17. The van der Waals surface area contributed by atoms with E-state index in [0.717, 1.165) is 19.3 Å². The summed E-state index contributed by atoms with van der Waals surface area (Å²) in [6.07, 6.45) is 3.71. The molecule has 1 amide bonds. The second-order valence-electron chi connectivity index (χ2n) is 4.78. The van der Waals surface area contributed by atoms with Gasteiger partial charge in [0.25, 0.3) is 0 Å². The zero-order valence-electron chi connectivity index (χ0n) is 9.17. The highest BCUT2D eigenvalue weighted by Gasteiger charge is 2.54. The summed E-state index contributed by atoms with van der Waals surface area (Å²) >= 11 is 0. The molecule has 1 N–H and O–H groups in total. The number of nitrogens with one attached hydrogen (secondary N) is 1. The highest BCUT2D eigenvalue weighted by Crippen LogP contribution is 2.40. The summed E-state index contributed by atoms with van der Waals surface area (Å²) in [7, 11) is 0. The molecule has 2 saturated heterocycles. The Bertz CT molecular complexity index is 254. The summed E-state index contributed by atoms with van der Waals surface area (Å²) in [4.78, 5) is 11.5. The Morgan fingerprint density at radius 2 is 2.29 bits per heavy atom. The maximum Gasteiger partial charge on any atom is 0.228 e. The van der Waals surface area contributed by atoms with Gasteiger partial charge in [0.15, 0.2) is 0 Å². The maximum atomic E-state index is 11.5. The van der Waals surface area contributed by atoms with Gasteiger partial charge in [-0.05, 0) is 33.1 Å². The Balaban J connectivity index is 2.03. The molecule has 2 rings (SSSR count). The molecule has 0 aliphatic carbocycles. The highest BCUT2D eigenvalue weighted by atomic mass is 16.5. The zero-order chi connectivity index (χ0) is 10.3. The Hall–Kier alpha value is -0.570. The molecule has 0 aromatic carbocycles. The Morgan fingerprint density at radius 1 is 1.57 bits per heavy atom. The SMILES string of the molecule is CCC1(C)C(=O)NC1C1CCC(C)O1. The van der Waals surface area contributed by atoms with Crippen LogP contribution in [0, 0.1) is 5.41 Å². The second kappa shape index (κ2) is 3.23. The van der Waals surface area contributed by atoms with E-state index in [1.165, 1.54) is 0 Å². The first-order valence-electron chi connectivity index (χ1n) is 5.54. The van der Waals surface area contributed by atoms with Gasteiger partial charge in [-0.3, -0.25) is 4.79 Å². The van der Waals surface area contributed by atoms with Gasteiger partial charge >= 0.3 is 0 Å². The molecule has 4 unspecified atom stereocenters. The normalized spacial score (nSPS) is 47.4. The van der Waals surface area contributed by atoms with Gasteiger partial charge in [-0.2, -0.15) is 0 Å². The van der Waals surface area contributed by atoms with Gasteiger partial charge in [0.2, 0.25) is 5.91 Å². The topological polar surface area (TPSA) is 38.3 Å². The third kappa shape index (κ3) is 1.26. The lowest BCUT2D eigenvalue weighted by molar-refractivity contribution is -0.152. The maximum absolute atomic E-state index is 11.5. The van der Waals surface area contributed by atoms with Crippen molar-refractivity contribution in [1.82, 2.24) is 5.32 Å². The molecule has 0 aromatic heterocycles. The molecule has 0 radical (unpaired) electrons. The average Bonchev–Trinajstić information content (AvgIpc) is 2.59. The van der Waals surface area contributed by atoms with Crippen molar-refractivity contribution in [2.45, 2.75) is 58.3 Å². The third-order valence-electron chi connectivity index (χ3n) is 3.86. The Labute approximate surface area is 85.2 Å². The standard InChI is InChI=1S/C11H19NO2/c1-4-11(3)9(12-10(11)13)8-6-5-7(2)14-8/h7-9H,4-6H2,1-3H3,(H,12,13). The molecule has 80 valence electrons. The molecule has 3 nitrogen and oxygen atoms in total. The van der Waals surface area contributed by atoms with Gasteiger partial charge in [-0.15, -0.1) is 0 Å². The lowest BCUT2D eigenvalue weighted by Gasteiger charge is -2.48. The van der Waals surface area contributed by atoms with Crippen molar-refractivity contribution in [2.75, 3.05) is 0 Å². The minimum atomic E-state index is -0.186. The first kappa shape index (κ1) is 9.97. The Kier molecular flexibility index (Phi) is 2.30. The van der Waals surface area contributed by atoms with Crippen molar-refractivity contribution in [2.24, 2.45) is 5.41 Å². The fourth-order valence-electron chi connectivity index (χ4n) is 2.49. The molecule has 14 heavy (non-hydrogen) atoms. The quantitative estimate of drug-likeness (QED) is 0.681. The predicted molar refractivity (Wildman–Crippen MR) is 53.9 cm³/mol. The van der Waals surface area contributed by atoms with Gasteiger partial charge < -0.3 is 10.1 Å². The van der Waals surface area contributed by atoms with Gasteiger partial charge in [0, 0.05) is 0 Å². The first-order valence-corrected chi connectivity index (χ1v) is 5.54. The first-order chi connectivity index (χ1) is 6.58. The summed E-state index contributed by atoms with van der Waals surface area (Å²) in [5, 5.41) is 2.98. The fourth-order valence-corrected chi connectivity index (χ4v) is 2.49. The van der Waals surface area contributed by atoms with Crippen molar-refractivity contribution in [1.29, 1.82) is 0 Å². The molecule has 2 heterocycles. The van der Waals surface area contributed by atoms with E-state index in [1.54, 1.807) is 0 Å². The van der Waals surface area contributed by atoms with Gasteiger partial charge in [0.05, 0.1) is 23.7 Å². The molecular formula is C11H19NO2. The monoisotopic (exact) mass is 197 g/mol. The number of ether oxygens (including phenoxy) is 1. The molecule has 0 spiro atoms. The van der Waals surface area contributed by atoms with Crippen molar-refractivity contribution in [3.05, 3.63) is 0 Å². The second-order valence-corrected chi connectivity index (χ2v) is 4.78. The van der Waals surface area contributed by atoms with E-state index in [-0.39, 0.29) is 23.5 Å². The van der Waals surface area contributed by atoms with Gasteiger partial charge in [-0.1, -0.05) is 6.92 Å². The smallest absolute Gasteiger partial charge is 0.228 e. The van der Waals surface area contributed by atoms with Crippen LogP contribution in [0.5, 0.6) is 0 Å². The van der Waals surface area contributed by atoms with Crippen LogP contribution in [0.2, 0.25) is 0 Å². The van der Waals surface area contributed by atoms with Crippen molar-refractivity contribution < 1.29 is 9.53 Å². The number of hydrogen-bond donors (Lipinski definition) is 1. The van der Waals surface area contributed by atoms with Gasteiger partial charge in [-0.25, -0.2) is 0 Å². The van der Waals surface area contributed by atoms with Crippen molar-refractivity contribution >= 4 is 5.91 Å². The van der Waals surface area contributed by atoms with E-state index >= 15 is 0 Å². The van der Waals surface area contributed by atoms with Crippen LogP contribution < -0.4 is 5.32 Å². The van der Waals surface area contributed by atoms with Crippen LogP contribution in [-0.4, -0.2) is 24.2 Å². The summed E-state index contributed by atoms with van der Waals surface area (Å²) < 4.78 is 5.80. The third-order valence-corrected chi connectivity index (χ3v) is 3.86. The number of rotatable bonds is 2. The summed E-state index contributed by atoms with van der Waals surface area (Å²) in [6, 6.07) is 0.241. The number of hydrogen-bond acceptors (Lipinski definition) is 2. The summed E-state index contributed by atoms with van der Waals surface area (Å²) in [5.41, 5.74) is -0.186. The molecule has 2 fully saturated rings. The van der Waals surface area contributed by atoms with Crippen LogP contribution in [-0.2, 0) is 9.53 Å². The van der Waals surface area contributed by atoms with E-state index < -0.39 is 0 Å². The number of carbonyl (C=O) groups is 1. The van der Waals surface area contributed by atoms with Crippen LogP contribution in [0.25, 0.3) is 0 Å². The minimum absolute atomic E-state index is 0.186. The van der Waals surface area contributed by atoms with Crippen LogP contribution in [0.3, 0.4) is 0 Å². The van der Waals surface area contributed by atoms with E-state index in [2.05, 4.69) is 19.2 Å². The number of β-lactam (4-membered cyclic amide) rings is 1. The largest absolute Gasteiger partial charge is 0.373 e. The number of carbonyl (C=O) groups excluding carboxylic acids is 1. The lowest BCUT2D eigenvalue weighted by atomic mass is 9.69. The molecule has 0 aromatic rings. The average molecular weight is 197 g/mol. The lowest BCUT2D eigenvalue weighted by Crippen LogP contribution is -2.69.